The predicted molar refractivity (Wildman–Crippen MR) is 80.3 cm³/mol. The van der Waals surface area contributed by atoms with E-state index in [1.54, 1.807) is 6.08 Å². The van der Waals surface area contributed by atoms with Gasteiger partial charge in [0.2, 0.25) is 0 Å². The molecule has 1 rings (SSSR count). The highest BCUT2D eigenvalue weighted by molar-refractivity contribution is 6.32. The molecule has 1 aromatic carbocycles. The summed E-state index contributed by atoms with van der Waals surface area (Å²) in [5.41, 5.74) is 1.08. The Hall–Kier alpha value is -1.19. The number of benzene rings is 1. The average Bonchev–Trinajstić information content (AvgIpc) is 2.36. The zero-order chi connectivity index (χ0) is 14.3. The molecule has 1 N–H and O–H groups in total. The molecule has 0 saturated carbocycles. The van der Waals surface area contributed by atoms with E-state index >= 15 is 0 Å². The van der Waals surface area contributed by atoms with Crippen LogP contribution >= 0.6 is 11.6 Å². The zero-order valence-electron chi connectivity index (χ0n) is 11.8. The molecule has 0 saturated heterocycles. The Balaban J connectivity index is 2.95. The van der Waals surface area contributed by atoms with Crippen molar-refractivity contribution in [2.75, 3.05) is 13.2 Å². The molecule has 0 aromatic heterocycles. The highest BCUT2D eigenvalue weighted by Gasteiger charge is 2.12. The van der Waals surface area contributed by atoms with Gasteiger partial charge in [0.15, 0.2) is 11.5 Å². The molecular weight excluding hydrogens is 262 g/mol. The first-order chi connectivity index (χ1) is 9.08. The number of nitrogens with one attached hydrogen (secondary N) is 1. The molecule has 1 aromatic rings. The van der Waals surface area contributed by atoms with Crippen molar-refractivity contribution in [3.8, 4) is 11.5 Å². The number of halogens is 1. The van der Waals surface area contributed by atoms with Crippen molar-refractivity contribution in [2.24, 2.45) is 0 Å². The highest BCUT2D eigenvalue weighted by Crippen LogP contribution is 2.36. The first-order valence-corrected chi connectivity index (χ1v) is 6.88. The summed E-state index contributed by atoms with van der Waals surface area (Å²) in [6.07, 6.45) is 1.68. The molecule has 0 fully saturated rings. The standard InChI is InChI=1S/C15H22ClNO2/c1-5-7-19-15-13(16)8-12(10-17-11(3)4)9-14(15)18-6-2/h5,8-9,11,17H,1,6-7,10H2,2-4H3. The lowest BCUT2D eigenvalue weighted by Gasteiger charge is -2.15. The number of rotatable bonds is 8. The van der Waals surface area contributed by atoms with Gasteiger partial charge in [0.25, 0.3) is 0 Å². The summed E-state index contributed by atoms with van der Waals surface area (Å²) in [5.74, 6) is 1.26. The maximum atomic E-state index is 6.25. The third-order valence-corrected chi connectivity index (χ3v) is 2.71. The Morgan fingerprint density at radius 1 is 1.37 bits per heavy atom. The third-order valence-electron chi connectivity index (χ3n) is 2.43. The van der Waals surface area contributed by atoms with Crippen LogP contribution < -0.4 is 14.8 Å². The molecule has 0 spiro atoms. The summed E-state index contributed by atoms with van der Waals surface area (Å²) < 4.78 is 11.1. The molecule has 0 unspecified atom stereocenters. The fourth-order valence-electron chi connectivity index (χ4n) is 1.59. The van der Waals surface area contributed by atoms with Gasteiger partial charge in [0.05, 0.1) is 11.6 Å². The van der Waals surface area contributed by atoms with E-state index in [4.69, 9.17) is 21.1 Å². The van der Waals surface area contributed by atoms with Gasteiger partial charge in [0.1, 0.15) is 6.61 Å². The van der Waals surface area contributed by atoms with Gasteiger partial charge in [0, 0.05) is 12.6 Å². The van der Waals surface area contributed by atoms with Crippen LogP contribution in [-0.2, 0) is 6.54 Å². The quantitative estimate of drug-likeness (QED) is 0.736. The van der Waals surface area contributed by atoms with Crippen LogP contribution in [0.25, 0.3) is 0 Å². The van der Waals surface area contributed by atoms with E-state index in [-0.39, 0.29) is 0 Å². The van der Waals surface area contributed by atoms with Gasteiger partial charge in [-0.15, -0.1) is 0 Å². The first kappa shape index (κ1) is 15.9. The maximum absolute atomic E-state index is 6.25. The molecular formula is C15H22ClNO2. The summed E-state index contributed by atoms with van der Waals surface area (Å²) in [6.45, 7) is 11.5. The second-order valence-corrected chi connectivity index (χ2v) is 4.88. The molecule has 4 heteroatoms. The molecule has 106 valence electrons. The molecule has 0 radical (unpaired) electrons. The van der Waals surface area contributed by atoms with Crippen molar-refractivity contribution in [1.29, 1.82) is 0 Å². The predicted octanol–water partition coefficient (Wildman–Crippen LogP) is 3.80. The van der Waals surface area contributed by atoms with Gasteiger partial charge in [-0.3, -0.25) is 0 Å². The monoisotopic (exact) mass is 283 g/mol. The maximum Gasteiger partial charge on any atom is 0.180 e. The first-order valence-electron chi connectivity index (χ1n) is 6.50. The molecule has 0 aliphatic carbocycles. The summed E-state index contributed by atoms with van der Waals surface area (Å²) in [5, 5.41) is 3.91. The van der Waals surface area contributed by atoms with E-state index in [2.05, 4.69) is 25.7 Å². The SMILES string of the molecule is C=CCOc1c(Cl)cc(CNC(C)C)cc1OCC. The van der Waals surface area contributed by atoms with Crippen LogP contribution in [-0.4, -0.2) is 19.3 Å². The van der Waals surface area contributed by atoms with E-state index in [1.807, 2.05) is 19.1 Å². The van der Waals surface area contributed by atoms with Gasteiger partial charge in [-0.05, 0) is 24.6 Å². The second kappa shape index (κ2) is 8.08. The van der Waals surface area contributed by atoms with Crippen LogP contribution in [0.15, 0.2) is 24.8 Å². The molecule has 0 atom stereocenters. The fraction of sp³-hybridized carbons (Fsp3) is 0.467. The molecule has 0 aliphatic heterocycles. The van der Waals surface area contributed by atoms with Gasteiger partial charge >= 0.3 is 0 Å². The summed E-state index contributed by atoms with van der Waals surface area (Å²) in [7, 11) is 0. The van der Waals surface area contributed by atoms with E-state index in [0.29, 0.717) is 35.8 Å². The minimum Gasteiger partial charge on any atom is -0.490 e. The fourth-order valence-corrected chi connectivity index (χ4v) is 1.88. The molecule has 0 heterocycles. The Morgan fingerprint density at radius 2 is 2.11 bits per heavy atom. The number of hydrogen-bond donors (Lipinski definition) is 1. The number of ether oxygens (including phenoxy) is 2. The minimum absolute atomic E-state index is 0.406. The van der Waals surface area contributed by atoms with Crippen LogP contribution in [0.2, 0.25) is 5.02 Å². The van der Waals surface area contributed by atoms with Crippen molar-refractivity contribution in [1.82, 2.24) is 5.32 Å². The van der Waals surface area contributed by atoms with Crippen LogP contribution in [0.4, 0.5) is 0 Å². The lowest BCUT2D eigenvalue weighted by Crippen LogP contribution is -2.21. The van der Waals surface area contributed by atoms with Crippen LogP contribution in [0.1, 0.15) is 26.3 Å². The lowest BCUT2D eigenvalue weighted by molar-refractivity contribution is 0.296. The average molecular weight is 284 g/mol. The van der Waals surface area contributed by atoms with Gasteiger partial charge in [-0.1, -0.05) is 38.1 Å². The van der Waals surface area contributed by atoms with E-state index < -0.39 is 0 Å². The summed E-state index contributed by atoms with van der Waals surface area (Å²) in [4.78, 5) is 0. The Kier molecular flexibility index (Phi) is 6.74. The number of hydrogen-bond acceptors (Lipinski definition) is 3. The van der Waals surface area contributed by atoms with Crippen molar-refractivity contribution >= 4 is 11.6 Å². The summed E-state index contributed by atoms with van der Waals surface area (Å²) >= 11 is 6.25. The molecule has 3 nitrogen and oxygen atoms in total. The van der Waals surface area contributed by atoms with Crippen molar-refractivity contribution in [3.63, 3.8) is 0 Å². The van der Waals surface area contributed by atoms with E-state index in [0.717, 1.165) is 12.1 Å². The smallest absolute Gasteiger partial charge is 0.180 e. The van der Waals surface area contributed by atoms with Crippen molar-refractivity contribution in [2.45, 2.75) is 33.4 Å². The van der Waals surface area contributed by atoms with E-state index in [1.165, 1.54) is 0 Å². The Morgan fingerprint density at radius 3 is 2.68 bits per heavy atom. The third kappa shape index (κ3) is 5.13. The van der Waals surface area contributed by atoms with Gasteiger partial charge in [-0.25, -0.2) is 0 Å². The molecule has 0 amide bonds. The van der Waals surface area contributed by atoms with E-state index in [9.17, 15) is 0 Å². The van der Waals surface area contributed by atoms with Crippen LogP contribution in [0.3, 0.4) is 0 Å². The van der Waals surface area contributed by atoms with Gasteiger partial charge < -0.3 is 14.8 Å². The van der Waals surface area contributed by atoms with Crippen molar-refractivity contribution in [3.05, 3.63) is 35.4 Å². The topological polar surface area (TPSA) is 30.5 Å². The molecule has 19 heavy (non-hydrogen) atoms. The Bertz CT molecular complexity index is 419. The normalized spacial score (nSPS) is 10.6. The van der Waals surface area contributed by atoms with Crippen LogP contribution in [0, 0.1) is 0 Å². The van der Waals surface area contributed by atoms with Gasteiger partial charge in [-0.2, -0.15) is 0 Å². The minimum atomic E-state index is 0.406. The largest absolute Gasteiger partial charge is 0.490 e. The lowest BCUT2D eigenvalue weighted by atomic mass is 10.2. The molecule has 0 bridgehead atoms. The zero-order valence-corrected chi connectivity index (χ0v) is 12.6. The van der Waals surface area contributed by atoms with Crippen molar-refractivity contribution < 1.29 is 9.47 Å². The Labute approximate surface area is 120 Å². The second-order valence-electron chi connectivity index (χ2n) is 4.47. The van der Waals surface area contributed by atoms with Crippen LogP contribution in [0.5, 0.6) is 11.5 Å². The summed E-state index contributed by atoms with van der Waals surface area (Å²) in [6, 6.07) is 4.28. The highest BCUT2D eigenvalue weighted by atomic mass is 35.5. The molecule has 0 aliphatic rings.